The van der Waals surface area contributed by atoms with Crippen LogP contribution in [0.2, 0.25) is 5.02 Å². The normalized spacial score (nSPS) is 17.0. The zero-order valence-corrected chi connectivity index (χ0v) is 14.2. The highest BCUT2D eigenvalue weighted by Crippen LogP contribution is 2.23. The Labute approximate surface area is 142 Å². The summed E-state index contributed by atoms with van der Waals surface area (Å²) in [6.45, 7) is 4.09. The molecule has 6 heteroatoms. The number of nitrogens with zero attached hydrogens (tertiary/aromatic N) is 2. The summed E-state index contributed by atoms with van der Waals surface area (Å²) in [4.78, 5) is 1.99. The molecule has 1 saturated heterocycles. The van der Waals surface area contributed by atoms with E-state index in [4.69, 9.17) is 33.8 Å². The number of benzene rings is 1. The highest BCUT2D eigenvalue weighted by Gasteiger charge is 2.21. The molecule has 1 unspecified atom stereocenters. The molecule has 1 aromatic rings. The van der Waals surface area contributed by atoms with Gasteiger partial charge in [-0.05, 0) is 49.7 Å². The van der Waals surface area contributed by atoms with Crippen LogP contribution in [-0.4, -0.2) is 35.8 Å². The van der Waals surface area contributed by atoms with E-state index in [2.05, 4.69) is 11.4 Å². The Bertz CT molecular complexity index is 567. The zero-order chi connectivity index (χ0) is 15.9. The number of ether oxygens (including phenoxy) is 1. The summed E-state index contributed by atoms with van der Waals surface area (Å²) in [5, 5.41) is 13.2. The molecule has 0 spiro atoms. The third-order valence-electron chi connectivity index (χ3n) is 3.59. The summed E-state index contributed by atoms with van der Waals surface area (Å²) in [5.74, 6) is 0. The fourth-order valence-corrected chi connectivity index (χ4v) is 2.97. The van der Waals surface area contributed by atoms with Crippen LogP contribution in [0.1, 0.15) is 24.8 Å². The monoisotopic (exact) mass is 337 g/mol. The predicted molar refractivity (Wildman–Crippen MR) is 93.2 cm³/mol. The lowest BCUT2D eigenvalue weighted by Gasteiger charge is -2.27. The Hall–Kier alpha value is -1.35. The third kappa shape index (κ3) is 4.84. The second-order valence-electron chi connectivity index (χ2n) is 5.40. The average Bonchev–Trinajstić information content (AvgIpc) is 2.99. The maximum absolute atomic E-state index is 8.83. The fraction of sp³-hybridized carbons (Fsp3) is 0.500. The number of hydrogen-bond donors (Lipinski definition) is 1. The van der Waals surface area contributed by atoms with Gasteiger partial charge in [-0.3, -0.25) is 0 Å². The molecule has 1 aromatic carbocycles. The molecule has 0 bridgehead atoms. The van der Waals surface area contributed by atoms with Gasteiger partial charge in [0, 0.05) is 19.7 Å². The Morgan fingerprint density at radius 1 is 1.59 bits per heavy atom. The highest BCUT2D eigenvalue weighted by atomic mass is 35.5. The first kappa shape index (κ1) is 17.0. The van der Waals surface area contributed by atoms with Gasteiger partial charge < -0.3 is 15.0 Å². The van der Waals surface area contributed by atoms with Crippen molar-refractivity contribution in [1.82, 2.24) is 4.90 Å². The smallest absolute Gasteiger partial charge is 0.173 e. The van der Waals surface area contributed by atoms with E-state index in [0.717, 1.165) is 30.7 Å². The number of hydrogen-bond acceptors (Lipinski definition) is 3. The number of rotatable bonds is 5. The van der Waals surface area contributed by atoms with Crippen LogP contribution in [-0.2, 0) is 4.74 Å². The van der Waals surface area contributed by atoms with Crippen LogP contribution in [0.15, 0.2) is 18.2 Å². The second kappa shape index (κ2) is 8.33. The molecule has 1 aliphatic rings. The second-order valence-corrected chi connectivity index (χ2v) is 6.20. The van der Waals surface area contributed by atoms with Crippen molar-refractivity contribution in [1.29, 1.82) is 5.26 Å². The van der Waals surface area contributed by atoms with Gasteiger partial charge in [-0.15, -0.1) is 0 Å². The summed E-state index contributed by atoms with van der Waals surface area (Å²) in [6, 6.07) is 7.96. The lowest BCUT2D eigenvalue weighted by molar-refractivity contribution is 0.0922. The van der Waals surface area contributed by atoms with Gasteiger partial charge in [-0.2, -0.15) is 5.26 Å². The lowest BCUT2D eigenvalue weighted by atomic mass is 10.2. The molecule has 1 N–H and O–H groups in total. The van der Waals surface area contributed by atoms with Gasteiger partial charge in [0.05, 0.1) is 29.3 Å². The summed E-state index contributed by atoms with van der Waals surface area (Å²) < 4.78 is 5.67. The van der Waals surface area contributed by atoms with Gasteiger partial charge >= 0.3 is 0 Å². The van der Waals surface area contributed by atoms with Crippen LogP contribution in [0.25, 0.3) is 0 Å². The Morgan fingerprint density at radius 2 is 2.41 bits per heavy atom. The third-order valence-corrected chi connectivity index (χ3v) is 4.27. The zero-order valence-electron chi connectivity index (χ0n) is 12.6. The van der Waals surface area contributed by atoms with Crippen molar-refractivity contribution < 1.29 is 4.74 Å². The molecule has 1 atom stereocenters. The molecule has 0 aliphatic carbocycles. The Morgan fingerprint density at radius 3 is 3.05 bits per heavy atom. The first-order valence-corrected chi connectivity index (χ1v) is 8.19. The molecule has 118 valence electrons. The number of halogens is 1. The minimum Gasteiger partial charge on any atom is -0.376 e. The quantitative estimate of drug-likeness (QED) is 0.829. The molecule has 0 aromatic heterocycles. The number of nitriles is 1. The van der Waals surface area contributed by atoms with Crippen LogP contribution < -0.4 is 5.32 Å². The summed E-state index contributed by atoms with van der Waals surface area (Å²) in [6.07, 6.45) is 2.74. The fourth-order valence-electron chi connectivity index (χ4n) is 2.41. The van der Waals surface area contributed by atoms with Crippen molar-refractivity contribution in [2.45, 2.75) is 32.3 Å². The number of thiocarbonyl (C=S) groups is 1. The average molecular weight is 338 g/mol. The molecular formula is C16H20ClN3OS. The summed E-state index contributed by atoms with van der Waals surface area (Å²) in [5.41, 5.74) is 1.88. The minimum atomic E-state index is 0.187. The maximum atomic E-state index is 8.83. The van der Waals surface area contributed by atoms with Crippen molar-refractivity contribution in [3.8, 4) is 6.07 Å². The van der Waals surface area contributed by atoms with Crippen molar-refractivity contribution >= 4 is 34.6 Å². The molecule has 2 rings (SSSR count). The molecule has 1 heterocycles. The van der Waals surface area contributed by atoms with Gasteiger partial charge in [0.1, 0.15) is 0 Å². The topological polar surface area (TPSA) is 48.3 Å². The predicted octanol–water partition coefficient (Wildman–Crippen LogP) is 3.74. The summed E-state index contributed by atoms with van der Waals surface area (Å²) >= 11 is 11.7. The number of anilines is 1. The SMILES string of the molecule is Cc1ccc(NC(=S)N(CCC#N)CC2CCCO2)c(Cl)c1. The van der Waals surface area contributed by atoms with Crippen LogP contribution in [0, 0.1) is 18.3 Å². The van der Waals surface area contributed by atoms with Gasteiger partial charge in [0.25, 0.3) is 0 Å². The molecular weight excluding hydrogens is 318 g/mol. The standard InChI is InChI=1S/C16H20ClN3OS/c1-12-5-6-15(14(17)10-12)19-16(22)20(8-3-7-18)11-13-4-2-9-21-13/h5-6,10,13H,2-4,8-9,11H2,1H3,(H,19,22). The van der Waals surface area contributed by atoms with Crippen LogP contribution in [0.3, 0.4) is 0 Å². The van der Waals surface area contributed by atoms with Crippen molar-refractivity contribution in [3.05, 3.63) is 28.8 Å². The van der Waals surface area contributed by atoms with Crippen molar-refractivity contribution in [2.75, 3.05) is 25.0 Å². The summed E-state index contributed by atoms with van der Waals surface area (Å²) in [7, 11) is 0. The van der Waals surface area contributed by atoms with E-state index in [-0.39, 0.29) is 6.10 Å². The van der Waals surface area contributed by atoms with Crippen molar-refractivity contribution in [2.24, 2.45) is 0 Å². The molecule has 1 fully saturated rings. The van der Waals surface area contributed by atoms with Crippen LogP contribution >= 0.6 is 23.8 Å². The molecule has 0 radical (unpaired) electrons. The van der Waals surface area contributed by atoms with Gasteiger partial charge in [0.2, 0.25) is 0 Å². The molecule has 0 amide bonds. The first-order valence-electron chi connectivity index (χ1n) is 7.41. The van der Waals surface area contributed by atoms with E-state index >= 15 is 0 Å². The van der Waals surface area contributed by atoms with Gasteiger partial charge in [0.15, 0.2) is 5.11 Å². The maximum Gasteiger partial charge on any atom is 0.173 e. The van der Waals surface area contributed by atoms with E-state index in [1.165, 1.54) is 0 Å². The minimum absolute atomic E-state index is 0.187. The van der Waals surface area contributed by atoms with Crippen molar-refractivity contribution in [3.63, 3.8) is 0 Å². The van der Waals surface area contributed by atoms with Gasteiger partial charge in [-0.1, -0.05) is 17.7 Å². The number of nitrogens with one attached hydrogen (secondary N) is 1. The Balaban J connectivity index is 2.02. The lowest BCUT2D eigenvalue weighted by Crippen LogP contribution is -2.40. The molecule has 4 nitrogen and oxygen atoms in total. The molecule has 22 heavy (non-hydrogen) atoms. The van der Waals surface area contributed by atoms with Crippen LogP contribution in [0.4, 0.5) is 5.69 Å². The van der Waals surface area contributed by atoms with Crippen LogP contribution in [0.5, 0.6) is 0 Å². The van der Waals surface area contributed by atoms with E-state index in [1.807, 2.05) is 30.0 Å². The largest absolute Gasteiger partial charge is 0.376 e. The molecule has 1 aliphatic heterocycles. The van der Waals surface area contributed by atoms with E-state index in [0.29, 0.717) is 29.6 Å². The van der Waals surface area contributed by atoms with E-state index < -0.39 is 0 Å². The highest BCUT2D eigenvalue weighted by molar-refractivity contribution is 7.80. The van der Waals surface area contributed by atoms with E-state index in [9.17, 15) is 0 Å². The number of aryl methyl sites for hydroxylation is 1. The van der Waals surface area contributed by atoms with Gasteiger partial charge in [-0.25, -0.2) is 0 Å². The van der Waals surface area contributed by atoms with E-state index in [1.54, 1.807) is 0 Å². The molecule has 0 saturated carbocycles. The first-order chi connectivity index (χ1) is 10.6. The Kier molecular flexibility index (Phi) is 6.44.